The number of benzene rings is 1. The highest BCUT2D eigenvalue weighted by molar-refractivity contribution is 5.30. The summed E-state index contributed by atoms with van der Waals surface area (Å²) in [4.78, 5) is 4.38. The summed E-state index contributed by atoms with van der Waals surface area (Å²) in [5.74, 6) is -0.742. The van der Waals surface area contributed by atoms with Crippen LogP contribution in [0.2, 0.25) is 0 Å². The Kier molecular flexibility index (Phi) is 4.85. The lowest BCUT2D eigenvalue weighted by Crippen LogP contribution is -2.19. The smallest absolute Gasteiger partial charge is 0.141 e. The lowest BCUT2D eigenvalue weighted by molar-refractivity contribution is 0.287. The summed E-state index contributed by atoms with van der Waals surface area (Å²) in [6.07, 6.45) is 0.538. The standard InChI is InChI=1S/C16H18F2N2O/c1-10(19)8-15-16(7-6-11(2)20-15)21-9-12-13(17)4-3-5-14(12)18/h3-7,10H,8-9,19H2,1-2H3. The number of nitrogens with two attached hydrogens (primary N) is 1. The molecule has 0 aliphatic carbocycles. The van der Waals surface area contributed by atoms with E-state index >= 15 is 0 Å². The largest absolute Gasteiger partial charge is 0.487 e. The maximum absolute atomic E-state index is 13.6. The molecule has 0 fully saturated rings. The third-order valence-corrected chi connectivity index (χ3v) is 3.02. The van der Waals surface area contributed by atoms with Gasteiger partial charge in [0.25, 0.3) is 0 Å². The van der Waals surface area contributed by atoms with E-state index in [9.17, 15) is 8.78 Å². The monoisotopic (exact) mass is 292 g/mol. The summed E-state index contributed by atoms with van der Waals surface area (Å²) < 4.78 is 32.7. The van der Waals surface area contributed by atoms with Crippen LogP contribution in [0, 0.1) is 18.6 Å². The Balaban J connectivity index is 2.20. The Morgan fingerprint density at radius 1 is 1.19 bits per heavy atom. The number of aryl methyl sites for hydroxylation is 1. The number of rotatable bonds is 5. The molecular formula is C16H18F2N2O. The second-order valence-corrected chi connectivity index (χ2v) is 5.07. The number of nitrogens with zero attached hydrogens (tertiary/aromatic N) is 1. The Bertz CT molecular complexity index is 609. The molecule has 2 rings (SSSR count). The van der Waals surface area contributed by atoms with E-state index in [1.807, 2.05) is 13.8 Å². The van der Waals surface area contributed by atoms with E-state index in [1.165, 1.54) is 18.2 Å². The highest BCUT2D eigenvalue weighted by atomic mass is 19.1. The van der Waals surface area contributed by atoms with Crippen LogP contribution in [-0.4, -0.2) is 11.0 Å². The fourth-order valence-electron chi connectivity index (χ4n) is 2.00. The molecule has 0 spiro atoms. The molecule has 0 bridgehead atoms. The zero-order chi connectivity index (χ0) is 15.4. The van der Waals surface area contributed by atoms with Gasteiger partial charge in [0.2, 0.25) is 0 Å². The van der Waals surface area contributed by atoms with Crippen LogP contribution in [0.1, 0.15) is 23.9 Å². The van der Waals surface area contributed by atoms with Gasteiger partial charge in [-0.3, -0.25) is 4.98 Å². The molecule has 0 saturated carbocycles. The molecule has 112 valence electrons. The Morgan fingerprint density at radius 3 is 2.48 bits per heavy atom. The van der Waals surface area contributed by atoms with Crippen LogP contribution in [0.25, 0.3) is 0 Å². The van der Waals surface area contributed by atoms with Crippen molar-refractivity contribution in [1.82, 2.24) is 4.98 Å². The molecule has 2 N–H and O–H groups in total. The summed E-state index contributed by atoms with van der Waals surface area (Å²) >= 11 is 0. The van der Waals surface area contributed by atoms with E-state index in [2.05, 4.69) is 4.98 Å². The van der Waals surface area contributed by atoms with Crippen molar-refractivity contribution in [3.05, 3.63) is 58.9 Å². The van der Waals surface area contributed by atoms with E-state index < -0.39 is 11.6 Å². The molecule has 0 saturated heterocycles. The number of pyridine rings is 1. The first-order valence-electron chi connectivity index (χ1n) is 6.75. The van der Waals surface area contributed by atoms with Crippen molar-refractivity contribution in [2.45, 2.75) is 32.9 Å². The molecule has 1 unspecified atom stereocenters. The Hall–Kier alpha value is -2.01. The second-order valence-electron chi connectivity index (χ2n) is 5.07. The average molecular weight is 292 g/mol. The molecule has 5 heteroatoms. The van der Waals surface area contributed by atoms with Crippen molar-refractivity contribution in [2.24, 2.45) is 5.73 Å². The summed E-state index contributed by atoms with van der Waals surface area (Å²) in [7, 11) is 0. The van der Waals surface area contributed by atoms with Gasteiger partial charge in [-0.1, -0.05) is 6.07 Å². The van der Waals surface area contributed by atoms with Gasteiger partial charge in [-0.05, 0) is 38.1 Å². The molecule has 3 nitrogen and oxygen atoms in total. The minimum Gasteiger partial charge on any atom is -0.487 e. The molecule has 2 aromatic rings. The average Bonchev–Trinajstić information content (AvgIpc) is 2.39. The van der Waals surface area contributed by atoms with Crippen LogP contribution in [-0.2, 0) is 13.0 Å². The fourth-order valence-corrected chi connectivity index (χ4v) is 2.00. The van der Waals surface area contributed by atoms with E-state index in [1.54, 1.807) is 12.1 Å². The molecule has 1 atom stereocenters. The number of aromatic nitrogens is 1. The van der Waals surface area contributed by atoms with Crippen molar-refractivity contribution in [3.63, 3.8) is 0 Å². The van der Waals surface area contributed by atoms with Gasteiger partial charge in [0, 0.05) is 18.2 Å². The third-order valence-electron chi connectivity index (χ3n) is 3.02. The van der Waals surface area contributed by atoms with Crippen LogP contribution in [0.4, 0.5) is 8.78 Å². The van der Waals surface area contributed by atoms with Gasteiger partial charge in [0.15, 0.2) is 0 Å². The summed E-state index contributed by atoms with van der Waals surface area (Å²) in [6.45, 7) is 3.55. The summed E-state index contributed by atoms with van der Waals surface area (Å²) in [5, 5.41) is 0. The predicted octanol–water partition coefficient (Wildman–Crippen LogP) is 3.14. The molecule has 0 radical (unpaired) electrons. The van der Waals surface area contributed by atoms with Crippen molar-refractivity contribution in [2.75, 3.05) is 0 Å². The van der Waals surface area contributed by atoms with Gasteiger partial charge in [-0.2, -0.15) is 0 Å². The highest BCUT2D eigenvalue weighted by Crippen LogP contribution is 2.21. The van der Waals surface area contributed by atoms with Gasteiger partial charge in [-0.25, -0.2) is 8.78 Å². The molecule has 1 aromatic heterocycles. The first-order valence-corrected chi connectivity index (χ1v) is 6.75. The molecule has 1 aromatic carbocycles. The van der Waals surface area contributed by atoms with Gasteiger partial charge < -0.3 is 10.5 Å². The Morgan fingerprint density at radius 2 is 1.86 bits per heavy atom. The lowest BCUT2D eigenvalue weighted by Gasteiger charge is -2.13. The number of ether oxygens (including phenoxy) is 1. The fraction of sp³-hybridized carbons (Fsp3) is 0.312. The topological polar surface area (TPSA) is 48.1 Å². The van der Waals surface area contributed by atoms with Crippen molar-refractivity contribution in [3.8, 4) is 5.75 Å². The van der Waals surface area contributed by atoms with E-state index in [-0.39, 0.29) is 18.2 Å². The number of halogens is 2. The van der Waals surface area contributed by atoms with Crippen LogP contribution < -0.4 is 10.5 Å². The number of hydrogen-bond donors (Lipinski definition) is 1. The number of hydrogen-bond acceptors (Lipinski definition) is 3. The van der Waals surface area contributed by atoms with E-state index in [4.69, 9.17) is 10.5 Å². The van der Waals surface area contributed by atoms with Crippen LogP contribution >= 0.6 is 0 Å². The molecule has 0 aliphatic heterocycles. The van der Waals surface area contributed by atoms with Crippen LogP contribution in [0.3, 0.4) is 0 Å². The minimum absolute atomic E-state index is 0.0770. The minimum atomic E-state index is -0.621. The normalized spacial score (nSPS) is 12.2. The van der Waals surface area contributed by atoms with E-state index in [0.717, 1.165) is 5.69 Å². The highest BCUT2D eigenvalue weighted by Gasteiger charge is 2.12. The lowest BCUT2D eigenvalue weighted by atomic mass is 10.1. The maximum atomic E-state index is 13.6. The molecule has 21 heavy (non-hydrogen) atoms. The van der Waals surface area contributed by atoms with Crippen molar-refractivity contribution >= 4 is 0 Å². The zero-order valence-electron chi connectivity index (χ0n) is 12.1. The quantitative estimate of drug-likeness (QED) is 0.921. The van der Waals surface area contributed by atoms with E-state index in [0.29, 0.717) is 17.9 Å². The van der Waals surface area contributed by atoms with Gasteiger partial charge >= 0.3 is 0 Å². The molecule has 0 amide bonds. The maximum Gasteiger partial charge on any atom is 0.141 e. The third kappa shape index (κ3) is 3.98. The first-order chi connectivity index (χ1) is 9.97. The molecule has 0 aliphatic rings. The van der Waals surface area contributed by atoms with Gasteiger partial charge in [0.1, 0.15) is 24.0 Å². The molecular weight excluding hydrogens is 274 g/mol. The van der Waals surface area contributed by atoms with Crippen molar-refractivity contribution < 1.29 is 13.5 Å². The predicted molar refractivity (Wildman–Crippen MR) is 77.0 cm³/mol. The van der Waals surface area contributed by atoms with Crippen LogP contribution in [0.5, 0.6) is 5.75 Å². The van der Waals surface area contributed by atoms with Crippen LogP contribution in [0.15, 0.2) is 30.3 Å². The zero-order valence-corrected chi connectivity index (χ0v) is 12.1. The van der Waals surface area contributed by atoms with Gasteiger partial charge in [0.05, 0.1) is 11.3 Å². The second kappa shape index (κ2) is 6.63. The van der Waals surface area contributed by atoms with Gasteiger partial charge in [-0.15, -0.1) is 0 Å². The first kappa shape index (κ1) is 15.4. The molecule has 1 heterocycles. The summed E-state index contributed by atoms with van der Waals surface area (Å²) in [5.41, 5.74) is 7.23. The Labute approximate surface area is 122 Å². The SMILES string of the molecule is Cc1ccc(OCc2c(F)cccc2F)c(CC(C)N)n1. The van der Waals surface area contributed by atoms with Crippen molar-refractivity contribution in [1.29, 1.82) is 0 Å². The summed E-state index contributed by atoms with van der Waals surface area (Å²) in [6, 6.07) is 7.20.